The van der Waals surface area contributed by atoms with E-state index in [2.05, 4.69) is 35.9 Å². The van der Waals surface area contributed by atoms with Gasteiger partial charge in [0, 0.05) is 44.2 Å². The van der Waals surface area contributed by atoms with Crippen molar-refractivity contribution in [1.82, 2.24) is 24.7 Å². The van der Waals surface area contributed by atoms with Crippen molar-refractivity contribution in [3.63, 3.8) is 0 Å². The smallest absolute Gasteiger partial charge is 0.259 e. The Labute approximate surface area is 183 Å². The Morgan fingerprint density at radius 2 is 2.07 bits per heavy atom. The molecule has 0 unspecified atom stereocenters. The number of nitrogens with zero attached hydrogens (tertiary/aromatic N) is 5. The molecule has 0 saturated carbocycles. The Balaban J connectivity index is 1.49. The number of aryl methyl sites for hydroxylation is 1. The lowest BCUT2D eigenvalue weighted by molar-refractivity contribution is -0.0507. The zero-order chi connectivity index (χ0) is 21.5. The quantitative estimate of drug-likeness (QED) is 0.707. The molecule has 2 aromatic heterocycles. The lowest BCUT2D eigenvalue weighted by atomic mass is 9.73. The molecule has 0 bridgehead atoms. The number of halogens is 1. The SMILES string of the molecule is CCn1nc(-c2ccon2)c(C(=O)N2CCCC3(CN(CCC(C)(C)C)C3)C2)c1Cl. The number of piperidine rings is 1. The van der Waals surface area contributed by atoms with E-state index in [1.807, 2.05) is 11.8 Å². The van der Waals surface area contributed by atoms with E-state index in [1.165, 1.54) is 19.1 Å². The summed E-state index contributed by atoms with van der Waals surface area (Å²) in [7, 11) is 0. The van der Waals surface area contributed by atoms with Crippen LogP contribution in [0.5, 0.6) is 0 Å². The molecule has 4 rings (SSSR count). The van der Waals surface area contributed by atoms with Crippen molar-refractivity contribution >= 4 is 17.5 Å². The van der Waals surface area contributed by atoms with Gasteiger partial charge in [0.05, 0.1) is 0 Å². The van der Waals surface area contributed by atoms with Gasteiger partial charge in [0.25, 0.3) is 5.91 Å². The molecular formula is C22H32ClN5O2. The molecule has 7 nitrogen and oxygen atoms in total. The standard InChI is InChI=1S/C22H32ClN5O2/c1-5-28-19(23)17(18(24-28)16-7-12-30-25-16)20(29)27-10-6-8-22(15-27)13-26(14-22)11-9-21(2,3)4/h7,12H,5-6,8-11,13-15H2,1-4H3. The molecule has 0 N–H and O–H groups in total. The number of rotatable bonds is 5. The Morgan fingerprint density at radius 3 is 2.70 bits per heavy atom. The third-order valence-electron chi connectivity index (χ3n) is 6.33. The molecular weight excluding hydrogens is 402 g/mol. The number of likely N-dealkylation sites (tertiary alicyclic amines) is 2. The Kier molecular flexibility index (Phi) is 5.70. The molecule has 4 heterocycles. The summed E-state index contributed by atoms with van der Waals surface area (Å²) in [6, 6.07) is 1.71. The average Bonchev–Trinajstić information content (AvgIpc) is 3.31. The van der Waals surface area contributed by atoms with Gasteiger partial charge in [-0.1, -0.05) is 37.5 Å². The first kappa shape index (κ1) is 21.4. The van der Waals surface area contributed by atoms with Crippen molar-refractivity contribution in [2.24, 2.45) is 10.8 Å². The van der Waals surface area contributed by atoms with Gasteiger partial charge in [0.2, 0.25) is 0 Å². The van der Waals surface area contributed by atoms with Gasteiger partial charge < -0.3 is 14.3 Å². The van der Waals surface area contributed by atoms with E-state index in [0.717, 1.165) is 39.1 Å². The molecule has 0 aliphatic carbocycles. The van der Waals surface area contributed by atoms with Gasteiger partial charge >= 0.3 is 0 Å². The van der Waals surface area contributed by atoms with E-state index in [9.17, 15) is 4.79 Å². The van der Waals surface area contributed by atoms with Crippen LogP contribution in [0.25, 0.3) is 11.4 Å². The van der Waals surface area contributed by atoms with Gasteiger partial charge in [-0.3, -0.25) is 9.48 Å². The number of carbonyl (C=O) groups excluding carboxylic acids is 1. The molecule has 1 amide bonds. The van der Waals surface area contributed by atoms with E-state index in [0.29, 0.717) is 34.1 Å². The summed E-state index contributed by atoms with van der Waals surface area (Å²) in [5, 5.41) is 8.88. The van der Waals surface area contributed by atoms with Crippen LogP contribution in [-0.2, 0) is 6.54 Å². The predicted octanol–water partition coefficient (Wildman–Crippen LogP) is 4.19. The summed E-state index contributed by atoms with van der Waals surface area (Å²) in [5.74, 6) is -0.0510. The second-order valence-electron chi connectivity index (χ2n) is 10.1. The third-order valence-corrected chi connectivity index (χ3v) is 6.71. The number of aromatic nitrogens is 3. The minimum absolute atomic E-state index is 0.0510. The fourth-order valence-corrected chi connectivity index (χ4v) is 5.03. The maximum absolute atomic E-state index is 13.5. The largest absolute Gasteiger partial charge is 0.364 e. The number of carbonyl (C=O) groups is 1. The second-order valence-corrected chi connectivity index (χ2v) is 10.4. The van der Waals surface area contributed by atoms with Crippen molar-refractivity contribution in [2.75, 3.05) is 32.7 Å². The van der Waals surface area contributed by atoms with E-state index < -0.39 is 0 Å². The highest BCUT2D eigenvalue weighted by molar-refractivity contribution is 6.33. The van der Waals surface area contributed by atoms with E-state index in [4.69, 9.17) is 16.1 Å². The van der Waals surface area contributed by atoms with Crippen LogP contribution in [-0.4, -0.2) is 63.4 Å². The molecule has 30 heavy (non-hydrogen) atoms. The maximum atomic E-state index is 13.5. The average molecular weight is 434 g/mol. The first-order valence-corrected chi connectivity index (χ1v) is 11.3. The Bertz CT molecular complexity index is 894. The van der Waals surface area contributed by atoms with Crippen molar-refractivity contribution in [3.05, 3.63) is 23.0 Å². The first-order valence-electron chi connectivity index (χ1n) is 10.9. The van der Waals surface area contributed by atoms with Crippen LogP contribution in [0.1, 0.15) is 57.3 Å². The molecule has 2 aromatic rings. The number of hydrogen-bond donors (Lipinski definition) is 0. The van der Waals surface area contributed by atoms with Crippen LogP contribution < -0.4 is 0 Å². The highest BCUT2D eigenvalue weighted by Crippen LogP contribution is 2.41. The molecule has 8 heteroatoms. The third kappa shape index (κ3) is 4.14. The zero-order valence-electron chi connectivity index (χ0n) is 18.4. The van der Waals surface area contributed by atoms with Gasteiger partial charge in [0.15, 0.2) is 0 Å². The molecule has 2 aliphatic heterocycles. The number of amides is 1. The minimum atomic E-state index is -0.0510. The Hall–Kier alpha value is -1.86. The molecule has 0 radical (unpaired) electrons. The van der Waals surface area contributed by atoms with E-state index >= 15 is 0 Å². The molecule has 0 atom stereocenters. The summed E-state index contributed by atoms with van der Waals surface area (Å²) in [5.41, 5.74) is 2.04. The lowest BCUT2D eigenvalue weighted by Crippen LogP contribution is -2.63. The maximum Gasteiger partial charge on any atom is 0.259 e. The van der Waals surface area contributed by atoms with Crippen LogP contribution >= 0.6 is 11.6 Å². The van der Waals surface area contributed by atoms with Crippen LogP contribution in [0.3, 0.4) is 0 Å². The van der Waals surface area contributed by atoms with E-state index in [1.54, 1.807) is 10.7 Å². The van der Waals surface area contributed by atoms with Crippen molar-refractivity contribution in [3.8, 4) is 11.4 Å². The molecule has 2 aliphatic rings. The fraction of sp³-hybridized carbons (Fsp3) is 0.682. The fourth-order valence-electron chi connectivity index (χ4n) is 4.71. The number of hydrogen-bond acceptors (Lipinski definition) is 5. The van der Waals surface area contributed by atoms with E-state index in [-0.39, 0.29) is 11.3 Å². The van der Waals surface area contributed by atoms with Crippen LogP contribution in [0.2, 0.25) is 5.15 Å². The Morgan fingerprint density at radius 1 is 1.30 bits per heavy atom. The van der Waals surface area contributed by atoms with Gasteiger partial charge in [0.1, 0.15) is 28.4 Å². The highest BCUT2D eigenvalue weighted by Gasteiger charge is 2.47. The summed E-state index contributed by atoms with van der Waals surface area (Å²) in [6.45, 7) is 14.2. The van der Waals surface area contributed by atoms with Gasteiger partial charge in [-0.05, 0) is 38.1 Å². The monoisotopic (exact) mass is 433 g/mol. The highest BCUT2D eigenvalue weighted by atomic mass is 35.5. The van der Waals surface area contributed by atoms with Crippen LogP contribution in [0, 0.1) is 10.8 Å². The first-order chi connectivity index (χ1) is 14.2. The normalized spacial score (nSPS) is 19.3. The van der Waals surface area contributed by atoms with Crippen molar-refractivity contribution in [2.45, 2.75) is 53.5 Å². The van der Waals surface area contributed by atoms with Crippen molar-refractivity contribution < 1.29 is 9.32 Å². The summed E-state index contributed by atoms with van der Waals surface area (Å²) >= 11 is 6.57. The zero-order valence-corrected chi connectivity index (χ0v) is 19.2. The minimum Gasteiger partial charge on any atom is -0.364 e. The van der Waals surface area contributed by atoms with Crippen LogP contribution in [0.4, 0.5) is 0 Å². The van der Waals surface area contributed by atoms with Gasteiger partial charge in [-0.2, -0.15) is 5.10 Å². The summed E-state index contributed by atoms with van der Waals surface area (Å²) in [6.07, 6.45) is 4.88. The van der Waals surface area contributed by atoms with Gasteiger partial charge in [-0.15, -0.1) is 0 Å². The summed E-state index contributed by atoms with van der Waals surface area (Å²) < 4.78 is 6.63. The van der Waals surface area contributed by atoms with Gasteiger partial charge in [-0.25, -0.2) is 0 Å². The molecule has 2 saturated heterocycles. The molecule has 164 valence electrons. The molecule has 1 spiro atoms. The second kappa shape index (κ2) is 8.00. The summed E-state index contributed by atoms with van der Waals surface area (Å²) in [4.78, 5) is 18.0. The lowest BCUT2D eigenvalue weighted by Gasteiger charge is -2.55. The van der Waals surface area contributed by atoms with Crippen LogP contribution in [0.15, 0.2) is 16.9 Å². The predicted molar refractivity (Wildman–Crippen MR) is 116 cm³/mol. The molecule has 0 aromatic carbocycles. The van der Waals surface area contributed by atoms with Crippen molar-refractivity contribution in [1.29, 1.82) is 0 Å². The molecule has 2 fully saturated rings. The topological polar surface area (TPSA) is 67.4 Å².